The maximum atomic E-state index is 11.4. The molecule has 0 radical (unpaired) electrons. The quantitative estimate of drug-likeness (QED) is 0.375. The molecule has 4 rings (SSSR count). The second kappa shape index (κ2) is 8.18. The van der Waals surface area contributed by atoms with E-state index in [1.54, 1.807) is 16.7 Å². The number of rotatable bonds is 7. The van der Waals surface area contributed by atoms with Crippen molar-refractivity contribution in [3.8, 4) is 5.75 Å². The van der Waals surface area contributed by atoms with Gasteiger partial charge in [-0.25, -0.2) is 15.0 Å². The molecule has 3 N–H and O–H groups in total. The monoisotopic (exact) mass is 416 g/mol. The fourth-order valence-corrected chi connectivity index (χ4v) is 3.41. The van der Waals surface area contributed by atoms with Gasteiger partial charge in [-0.1, -0.05) is 0 Å². The van der Waals surface area contributed by atoms with Gasteiger partial charge in [0.05, 0.1) is 37.1 Å². The largest absolute Gasteiger partial charge is 0.497 e. The van der Waals surface area contributed by atoms with Crippen molar-refractivity contribution in [3.05, 3.63) is 46.5 Å². The number of nitro groups is 1. The predicted octanol–water partition coefficient (Wildman–Crippen LogP) is 0.996. The Hall–Kier alpha value is -3.35. The molecule has 30 heavy (non-hydrogen) atoms. The first kappa shape index (κ1) is 19.9. The molecule has 1 aliphatic rings. The number of nitro benzene ring substituents is 1. The summed E-state index contributed by atoms with van der Waals surface area (Å²) in [5.41, 5.74) is 1.33. The highest BCUT2D eigenvalue weighted by Crippen LogP contribution is 2.32. The summed E-state index contributed by atoms with van der Waals surface area (Å²) >= 11 is 0. The van der Waals surface area contributed by atoms with Crippen LogP contribution in [0.3, 0.4) is 0 Å². The maximum absolute atomic E-state index is 11.4. The molecule has 0 aliphatic carbocycles. The summed E-state index contributed by atoms with van der Waals surface area (Å²) in [7, 11) is 1.45. The number of hydrogen-bond acceptors (Lipinski definition) is 10. The molecule has 12 nitrogen and oxygen atoms in total. The van der Waals surface area contributed by atoms with E-state index in [0.717, 1.165) is 0 Å². The van der Waals surface area contributed by atoms with E-state index in [0.29, 0.717) is 34.7 Å². The van der Waals surface area contributed by atoms with Crippen molar-refractivity contribution in [1.82, 2.24) is 19.5 Å². The first-order valence-corrected chi connectivity index (χ1v) is 9.19. The molecular weight excluding hydrogens is 396 g/mol. The normalized spacial score (nSPS) is 21.1. The van der Waals surface area contributed by atoms with Crippen molar-refractivity contribution < 1.29 is 24.6 Å². The van der Waals surface area contributed by atoms with Crippen LogP contribution in [0.2, 0.25) is 0 Å². The number of aromatic nitrogens is 4. The van der Waals surface area contributed by atoms with Gasteiger partial charge in [-0.05, 0) is 12.1 Å². The Morgan fingerprint density at radius 3 is 2.93 bits per heavy atom. The van der Waals surface area contributed by atoms with Gasteiger partial charge in [0.25, 0.3) is 5.69 Å². The average molecular weight is 416 g/mol. The van der Waals surface area contributed by atoms with Gasteiger partial charge in [-0.2, -0.15) is 0 Å². The van der Waals surface area contributed by atoms with Crippen LogP contribution in [0.5, 0.6) is 5.75 Å². The van der Waals surface area contributed by atoms with Crippen LogP contribution in [0.15, 0.2) is 30.9 Å². The lowest BCUT2D eigenvalue weighted by Crippen LogP contribution is -2.24. The number of methoxy groups -OCH3 is 1. The molecule has 1 aromatic carbocycles. The fraction of sp³-hybridized carbons (Fsp3) is 0.389. The smallest absolute Gasteiger partial charge is 0.278 e. The summed E-state index contributed by atoms with van der Waals surface area (Å²) in [6.07, 6.45) is 1.20. The van der Waals surface area contributed by atoms with Crippen LogP contribution in [-0.4, -0.2) is 60.6 Å². The van der Waals surface area contributed by atoms with E-state index in [1.165, 1.54) is 25.8 Å². The average Bonchev–Trinajstić information content (AvgIpc) is 3.35. The molecule has 1 aliphatic heterocycles. The SMILES string of the molecule is COc1ccc(CNc2ncnc3c2ncn3[C@H]2C[C@H](O)[C@@H](CO)O2)c([N+](=O)[O-])c1. The minimum Gasteiger partial charge on any atom is -0.497 e. The number of aliphatic hydroxyl groups is 2. The second-order valence-corrected chi connectivity index (χ2v) is 6.77. The summed E-state index contributed by atoms with van der Waals surface area (Å²) in [6.45, 7) is -0.142. The molecule has 3 aromatic rings. The van der Waals surface area contributed by atoms with Crippen LogP contribution in [0.25, 0.3) is 11.2 Å². The molecule has 2 aromatic heterocycles. The highest BCUT2D eigenvalue weighted by atomic mass is 16.6. The van der Waals surface area contributed by atoms with Gasteiger partial charge in [-0.15, -0.1) is 0 Å². The van der Waals surface area contributed by atoms with E-state index in [1.807, 2.05) is 0 Å². The fourth-order valence-electron chi connectivity index (χ4n) is 3.41. The molecule has 0 spiro atoms. The molecule has 0 saturated carbocycles. The van der Waals surface area contributed by atoms with E-state index in [-0.39, 0.29) is 18.8 Å². The van der Waals surface area contributed by atoms with Crippen LogP contribution >= 0.6 is 0 Å². The summed E-state index contributed by atoms with van der Waals surface area (Å²) in [6, 6.07) is 4.62. The van der Waals surface area contributed by atoms with Crippen molar-refractivity contribution in [3.63, 3.8) is 0 Å². The third-order valence-electron chi connectivity index (χ3n) is 4.99. The summed E-state index contributed by atoms with van der Waals surface area (Å²) in [4.78, 5) is 23.7. The van der Waals surface area contributed by atoms with Gasteiger partial charge in [0.1, 0.15) is 24.4 Å². The standard InChI is InChI=1S/C18H20N6O6/c1-29-11-3-2-10(12(4-11)24(27)28)6-19-17-16-18(21-8-20-17)23(9-22-16)15-5-13(26)14(7-25)30-15/h2-4,8-9,13-15,25-26H,5-7H2,1H3,(H,19,20,21)/t13-,14+,15+/m0/s1. The van der Waals surface area contributed by atoms with E-state index in [2.05, 4.69) is 20.3 Å². The number of fused-ring (bicyclic) bond motifs is 1. The number of benzene rings is 1. The molecule has 1 saturated heterocycles. The van der Waals surface area contributed by atoms with Gasteiger partial charge in [-0.3, -0.25) is 14.7 Å². The molecule has 3 atom stereocenters. The third-order valence-corrected chi connectivity index (χ3v) is 4.99. The van der Waals surface area contributed by atoms with Gasteiger partial charge >= 0.3 is 0 Å². The first-order chi connectivity index (χ1) is 14.5. The van der Waals surface area contributed by atoms with E-state index in [4.69, 9.17) is 9.47 Å². The van der Waals surface area contributed by atoms with Gasteiger partial charge in [0, 0.05) is 18.5 Å². The van der Waals surface area contributed by atoms with Crippen molar-refractivity contribution in [1.29, 1.82) is 0 Å². The molecular formula is C18H20N6O6. The van der Waals surface area contributed by atoms with E-state index in [9.17, 15) is 20.3 Å². The minimum atomic E-state index is -0.785. The first-order valence-electron chi connectivity index (χ1n) is 9.19. The summed E-state index contributed by atoms with van der Waals surface area (Å²) < 4.78 is 12.4. The number of hydrogen-bond donors (Lipinski definition) is 3. The van der Waals surface area contributed by atoms with Crippen LogP contribution < -0.4 is 10.1 Å². The summed E-state index contributed by atoms with van der Waals surface area (Å²) in [5.74, 6) is 0.801. The van der Waals surface area contributed by atoms with Gasteiger partial charge in [0.2, 0.25) is 0 Å². The predicted molar refractivity (Wildman–Crippen MR) is 104 cm³/mol. The number of nitrogens with zero attached hydrogens (tertiary/aromatic N) is 5. The molecule has 1 fully saturated rings. The third kappa shape index (κ3) is 3.63. The van der Waals surface area contributed by atoms with Crippen LogP contribution in [0, 0.1) is 10.1 Å². The number of ether oxygens (including phenoxy) is 2. The number of nitrogens with one attached hydrogen (secondary N) is 1. The number of imidazole rings is 1. The number of aliphatic hydroxyl groups excluding tert-OH is 2. The van der Waals surface area contributed by atoms with Crippen LogP contribution in [0.4, 0.5) is 11.5 Å². The second-order valence-electron chi connectivity index (χ2n) is 6.77. The molecule has 0 bridgehead atoms. The lowest BCUT2D eigenvalue weighted by molar-refractivity contribution is -0.385. The Morgan fingerprint density at radius 1 is 1.40 bits per heavy atom. The lowest BCUT2D eigenvalue weighted by atomic mass is 10.1. The Bertz CT molecular complexity index is 1070. The molecule has 0 amide bonds. The maximum Gasteiger partial charge on any atom is 0.278 e. The molecule has 0 unspecified atom stereocenters. The van der Waals surface area contributed by atoms with Crippen LogP contribution in [-0.2, 0) is 11.3 Å². The Morgan fingerprint density at radius 2 is 2.23 bits per heavy atom. The number of anilines is 1. The van der Waals surface area contributed by atoms with Crippen molar-refractivity contribution in [2.75, 3.05) is 19.0 Å². The zero-order valence-electron chi connectivity index (χ0n) is 16.0. The van der Waals surface area contributed by atoms with E-state index < -0.39 is 23.4 Å². The zero-order chi connectivity index (χ0) is 21.3. The van der Waals surface area contributed by atoms with Gasteiger partial charge in [0.15, 0.2) is 17.0 Å². The van der Waals surface area contributed by atoms with E-state index >= 15 is 0 Å². The highest BCUT2D eigenvalue weighted by Gasteiger charge is 2.35. The Balaban J connectivity index is 1.58. The van der Waals surface area contributed by atoms with Crippen LogP contribution in [0.1, 0.15) is 18.2 Å². The topological polar surface area (TPSA) is 158 Å². The Labute approximate surface area is 170 Å². The molecule has 158 valence electrons. The molecule has 12 heteroatoms. The molecule has 3 heterocycles. The van der Waals surface area contributed by atoms with Gasteiger partial charge < -0.3 is 25.0 Å². The highest BCUT2D eigenvalue weighted by molar-refractivity contribution is 5.82. The Kier molecular flexibility index (Phi) is 5.44. The minimum absolute atomic E-state index is 0.0685. The van der Waals surface area contributed by atoms with Crippen molar-refractivity contribution >= 4 is 22.7 Å². The zero-order valence-corrected chi connectivity index (χ0v) is 16.0. The van der Waals surface area contributed by atoms with Crippen molar-refractivity contribution in [2.45, 2.75) is 31.4 Å². The summed E-state index contributed by atoms with van der Waals surface area (Å²) in [5, 5.41) is 33.7. The van der Waals surface area contributed by atoms with Crippen molar-refractivity contribution in [2.24, 2.45) is 0 Å². The lowest BCUT2D eigenvalue weighted by Gasteiger charge is -2.13.